The van der Waals surface area contributed by atoms with Crippen molar-refractivity contribution in [2.45, 2.75) is 0 Å². The second-order valence-electron chi connectivity index (χ2n) is 7.10. The number of amides is 1. The van der Waals surface area contributed by atoms with Crippen LogP contribution in [0.4, 0.5) is 0 Å². The number of thiophene rings is 1. The molecule has 0 radical (unpaired) electrons. The first-order valence-electron chi connectivity index (χ1n) is 10.2. The second kappa shape index (κ2) is 11.4. The highest BCUT2D eigenvalue weighted by Gasteiger charge is 2.19. The summed E-state index contributed by atoms with van der Waals surface area (Å²) in [5.41, 5.74) is 3.10. The molecule has 0 aliphatic heterocycles. The number of esters is 1. The number of rotatable bonds is 8. The smallest absolute Gasteiger partial charge is 0.355 e. The van der Waals surface area contributed by atoms with Crippen molar-refractivity contribution in [3.8, 4) is 17.2 Å². The standard InChI is InChI=1S/C25H18BrClN2O5S/c1-32-19-10-11-20-21(12-19)35-24(23(20)27)25(31)34-18-6-2-15(3-7-18)13-28-29-22(30)14-33-17-8-4-16(26)5-9-17/h2-13H,14H2,1H3,(H,29,30)/b28-13+. The lowest BCUT2D eigenvalue weighted by molar-refractivity contribution is -0.123. The van der Waals surface area contributed by atoms with Gasteiger partial charge in [0.2, 0.25) is 0 Å². The van der Waals surface area contributed by atoms with Crippen LogP contribution in [0.3, 0.4) is 0 Å². The number of halogens is 2. The average Bonchev–Trinajstić information content (AvgIpc) is 3.20. The average molecular weight is 574 g/mol. The maximum absolute atomic E-state index is 12.7. The van der Waals surface area contributed by atoms with E-state index in [9.17, 15) is 9.59 Å². The molecule has 0 fully saturated rings. The second-order valence-corrected chi connectivity index (χ2v) is 9.45. The Morgan fingerprint density at radius 3 is 2.43 bits per heavy atom. The van der Waals surface area contributed by atoms with Crippen molar-refractivity contribution in [2.24, 2.45) is 5.10 Å². The molecule has 0 saturated carbocycles. The van der Waals surface area contributed by atoms with Crippen molar-refractivity contribution in [1.29, 1.82) is 0 Å². The van der Waals surface area contributed by atoms with Gasteiger partial charge in [0.15, 0.2) is 6.61 Å². The van der Waals surface area contributed by atoms with Crippen LogP contribution in [-0.4, -0.2) is 31.8 Å². The lowest BCUT2D eigenvalue weighted by Crippen LogP contribution is -2.24. The van der Waals surface area contributed by atoms with E-state index < -0.39 is 11.9 Å². The van der Waals surface area contributed by atoms with Crippen molar-refractivity contribution >= 4 is 67.0 Å². The molecule has 1 N–H and O–H groups in total. The number of carbonyl (C=O) groups excluding carboxylic acids is 2. The van der Waals surface area contributed by atoms with Gasteiger partial charge in [0.1, 0.15) is 22.1 Å². The monoisotopic (exact) mass is 572 g/mol. The van der Waals surface area contributed by atoms with Gasteiger partial charge in [-0.2, -0.15) is 5.10 Å². The van der Waals surface area contributed by atoms with Gasteiger partial charge < -0.3 is 14.2 Å². The van der Waals surface area contributed by atoms with Gasteiger partial charge >= 0.3 is 5.97 Å². The van der Waals surface area contributed by atoms with Gasteiger partial charge in [-0.15, -0.1) is 11.3 Å². The van der Waals surface area contributed by atoms with Crippen molar-refractivity contribution in [1.82, 2.24) is 5.43 Å². The number of hydrogen-bond acceptors (Lipinski definition) is 7. The summed E-state index contributed by atoms with van der Waals surface area (Å²) < 4.78 is 17.8. The van der Waals surface area contributed by atoms with Crippen LogP contribution in [0.2, 0.25) is 5.02 Å². The summed E-state index contributed by atoms with van der Waals surface area (Å²) in [5.74, 6) is 0.669. The van der Waals surface area contributed by atoms with Crippen LogP contribution in [0.15, 0.2) is 76.3 Å². The number of ether oxygens (including phenoxy) is 3. The molecule has 0 unspecified atom stereocenters. The summed E-state index contributed by atoms with van der Waals surface area (Å²) >= 11 is 11.0. The Bertz CT molecular complexity index is 1390. The maximum atomic E-state index is 12.7. The summed E-state index contributed by atoms with van der Waals surface area (Å²) in [5, 5.41) is 5.02. The Labute approximate surface area is 218 Å². The third kappa shape index (κ3) is 6.39. The molecule has 0 saturated heterocycles. The summed E-state index contributed by atoms with van der Waals surface area (Å²) in [7, 11) is 1.58. The number of hydrogen-bond donors (Lipinski definition) is 1. The molecule has 1 heterocycles. The number of fused-ring (bicyclic) bond motifs is 1. The SMILES string of the molecule is COc1ccc2c(Cl)c(C(=O)Oc3ccc(/C=N/NC(=O)COc4ccc(Br)cc4)cc3)sc2c1. The van der Waals surface area contributed by atoms with E-state index in [0.29, 0.717) is 32.7 Å². The van der Waals surface area contributed by atoms with Crippen molar-refractivity contribution in [3.63, 3.8) is 0 Å². The van der Waals surface area contributed by atoms with Crippen LogP contribution in [0, 0.1) is 0 Å². The fourth-order valence-corrected chi connectivity index (χ4v) is 4.65. The van der Waals surface area contributed by atoms with Crippen LogP contribution in [0.25, 0.3) is 10.1 Å². The van der Waals surface area contributed by atoms with Crippen molar-refractivity contribution < 1.29 is 23.8 Å². The molecule has 178 valence electrons. The number of hydrazone groups is 1. The predicted octanol–water partition coefficient (Wildman–Crippen LogP) is 6.07. The first kappa shape index (κ1) is 24.7. The first-order valence-corrected chi connectivity index (χ1v) is 12.2. The molecule has 0 aliphatic rings. The Morgan fingerprint density at radius 2 is 1.71 bits per heavy atom. The molecular formula is C25H18BrClN2O5S. The molecule has 1 aromatic heterocycles. The van der Waals surface area contributed by atoms with E-state index in [0.717, 1.165) is 14.6 Å². The van der Waals surface area contributed by atoms with E-state index in [1.165, 1.54) is 17.6 Å². The molecule has 10 heteroatoms. The van der Waals surface area contributed by atoms with E-state index in [1.54, 1.807) is 49.6 Å². The molecule has 0 aliphatic carbocycles. The number of nitrogens with zero attached hydrogens (tertiary/aromatic N) is 1. The Kier molecular flexibility index (Phi) is 8.02. The van der Waals surface area contributed by atoms with E-state index in [4.69, 9.17) is 25.8 Å². The van der Waals surface area contributed by atoms with Crippen molar-refractivity contribution in [3.05, 3.63) is 86.7 Å². The van der Waals surface area contributed by atoms with Gasteiger partial charge in [0, 0.05) is 14.6 Å². The minimum absolute atomic E-state index is 0.166. The zero-order valence-electron chi connectivity index (χ0n) is 18.3. The molecule has 4 rings (SSSR count). The van der Waals surface area contributed by atoms with Crippen LogP contribution in [0.5, 0.6) is 17.2 Å². The third-order valence-electron chi connectivity index (χ3n) is 4.70. The van der Waals surface area contributed by atoms with E-state index in [1.807, 2.05) is 24.3 Å². The molecule has 0 bridgehead atoms. The largest absolute Gasteiger partial charge is 0.497 e. The van der Waals surface area contributed by atoms with Gasteiger partial charge in [0.05, 0.1) is 18.3 Å². The number of nitrogens with one attached hydrogen (secondary N) is 1. The lowest BCUT2D eigenvalue weighted by atomic mass is 10.2. The highest BCUT2D eigenvalue weighted by atomic mass is 79.9. The minimum Gasteiger partial charge on any atom is -0.497 e. The fourth-order valence-electron chi connectivity index (χ4n) is 2.97. The van der Waals surface area contributed by atoms with Crippen LogP contribution < -0.4 is 19.6 Å². The fraction of sp³-hybridized carbons (Fsp3) is 0.0800. The number of methoxy groups -OCH3 is 1. The quantitative estimate of drug-likeness (QED) is 0.120. The molecular weight excluding hydrogens is 556 g/mol. The van der Waals surface area contributed by atoms with Gasteiger partial charge in [-0.05, 0) is 72.3 Å². The highest BCUT2D eigenvalue weighted by Crippen LogP contribution is 2.37. The zero-order valence-corrected chi connectivity index (χ0v) is 21.4. The van der Waals surface area contributed by atoms with Crippen LogP contribution >= 0.6 is 38.9 Å². The normalized spacial score (nSPS) is 10.9. The van der Waals surface area contributed by atoms with Gasteiger partial charge in [-0.3, -0.25) is 4.79 Å². The Hall–Kier alpha value is -3.40. The molecule has 4 aromatic rings. The van der Waals surface area contributed by atoms with Gasteiger partial charge in [-0.25, -0.2) is 10.2 Å². The Morgan fingerprint density at radius 1 is 1.03 bits per heavy atom. The summed E-state index contributed by atoms with van der Waals surface area (Å²) in [6, 6.07) is 19.2. The Balaban J connectivity index is 1.30. The van der Waals surface area contributed by atoms with Crippen LogP contribution in [0.1, 0.15) is 15.2 Å². The molecule has 35 heavy (non-hydrogen) atoms. The van der Waals surface area contributed by atoms with Gasteiger partial charge in [0.25, 0.3) is 5.91 Å². The lowest BCUT2D eigenvalue weighted by Gasteiger charge is -2.05. The minimum atomic E-state index is -0.547. The highest BCUT2D eigenvalue weighted by molar-refractivity contribution is 9.10. The molecule has 3 aromatic carbocycles. The third-order valence-corrected chi connectivity index (χ3v) is 6.86. The van der Waals surface area contributed by atoms with Crippen molar-refractivity contribution in [2.75, 3.05) is 13.7 Å². The van der Waals surface area contributed by atoms with Gasteiger partial charge in [-0.1, -0.05) is 27.5 Å². The summed E-state index contributed by atoms with van der Waals surface area (Å²) in [6.45, 7) is -0.166. The topological polar surface area (TPSA) is 86.2 Å². The van der Waals surface area contributed by atoms with Crippen LogP contribution in [-0.2, 0) is 4.79 Å². The van der Waals surface area contributed by atoms with E-state index >= 15 is 0 Å². The summed E-state index contributed by atoms with van der Waals surface area (Å²) in [4.78, 5) is 24.8. The summed E-state index contributed by atoms with van der Waals surface area (Å²) in [6.07, 6.45) is 1.47. The zero-order chi connectivity index (χ0) is 24.8. The first-order chi connectivity index (χ1) is 16.9. The molecule has 1 amide bonds. The maximum Gasteiger partial charge on any atom is 0.355 e. The predicted molar refractivity (Wildman–Crippen MR) is 140 cm³/mol. The molecule has 0 spiro atoms. The number of carbonyl (C=O) groups is 2. The molecule has 7 nitrogen and oxygen atoms in total. The number of benzene rings is 3. The van der Waals surface area contributed by atoms with E-state index in [2.05, 4.69) is 26.5 Å². The molecule has 0 atom stereocenters. The van der Waals surface area contributed by atoms with E-state index in [-0.39, 0.29) is 6.61 Å².